The zero-order valence-corrected chi connectivity index (χ0v) is 9.50. The molecule has 72 valence electrons. The molecule has 1 aliphatic carbocycles. The number of halogens is 1. The molecule has 0 aromatic carbocycles. The van der Waals surface area contributed by atoms with Crippen molar-refractivity contribution in [2.45, 2.75) is 36.4 Å². The minimum Gasteiger partial charge on any atom is -0.338 e. The number of aromatic nitrogens is 2. The molecule has 3 heteroatoms. The fourth-order valence-electron chi connectivity index (χ4n) is 2.14. The topological polar surface area (TPSA) is 17.8 Å². The normalized spacial score (nSPS) is 29.1. The Kier molecular flexibility index (Phi) is 2.72. The molecule has 1 aromatic heterocycles. The summed E-state index contributed by atoms with van der Waals surface area (Å²) in [5.74, 6) is 1.92. The van der Waals surface area contributed by atoms with E-state index in [1.807, 2.05) is 12.4 Å². The third-order valence-electron chi connectivity index (χ3n) is 2.83. The number of alkyl halides is 1. The number of aryl methyl sites for hydroxylation is 1. The summed E-state index contributed by atoms with van der Waals surface area (Å²) in [6.45, 7) is 0. The molecule has 0 N–H and O–H groups in total. The van der Waals surface area contributed by atoms with Crippen LogP contribution in [0.5, 0.6) is 0 Å². The van der Waals surface area contributed by atoms with Gasteiger partial charge in [-0.25, -0.2) is 4.98 Å². The first-order valence-corrected chi connectivity index (χ1v) is 5.80. The van der Waals surface area contributed by atoms with E-state index in [1.165, 1.54) is 31.5 Å². The summed E-state index contributed by atoms with van der Waals surface area (Å²) in [4.78, 5) is 5.11. The highest BCUT2D eigenvalue weighted by atomic mass is 79.9. The highest BCUT2D eigenvalue weighted by molar-refractivity contribution is 9.09. The van der Waals surface area contributed by atoms with Crippen molar-refractivity contribution in [3.05, 3.63) is 18.2 Å². The molecular weight excluding hydrogens is 228 g/mol. The highest BCUT2D eigenvalue weighted by Gasteiger charge is 2.23. The number of hydrogen-bond acceptors (Lipinski definition) is 1. The van der Waals surface area contributed by atoms with Crippen LogP contribution in [-0.4, -0.2) is 14.4 Å². The van der Waals surface area contributed by atoms with Gasteiger partial charge in [-0.05, 0) is 19.3 Å². The molecule has 13 heavy (non-hydrogen) atoms. The van der Waals surface area contributed by atoms with Crippen molar-refractivity contribution in [1.29, 1.82) is 0 Å². The Morgan fingerprint density at radius 2 is 2.38 bits per heavy atom. The van der Waals surface area contributed by atoms with Crippen LogP contribution in [0.25, 0.3) is 0 Å². The van der Waals surface area contributed by atoms with Crippen LogP contribution < -0.4 is 0 Å². The van der Waals surface area contributed by atoms with Crippen LogP contribution in [0.4, 0.5) is 0 Å². The van der Waals surface area contributed by atoms with Crippen LogP contribution in [0, 0.1) is 0 Å². The van der Waals surface area contributed by atoms with Crippen molar-refractivity contribution in [3.63, 3.8) is 0 Å². The molecule has 0 saturated heterocycles. The second kappa shape index (κ2) is 3.82. The summed E-state index contributed by atoms with van der Waals surface area (Å²) >= 11 is 3.70. The van der Waals surface area contributed by atoms with E-state index < -0.39 is 0 Å². The summed E-state index contributed by atoms with van der Waals surface area (Å²) in [5.41, 5.74) is 0. The van der Waals surface area contributed by atoms with Crippen molar-refractivity contribution in [1.82, 2.24) is 9.55 Å². The van der Waals surface area contributed by atoms with Gasteiger partial charge in [0.1, 0.15) is 5.82 Å². The second-order valence-electron chi connectivity index (χ2n) is 3.86. The van der Waals surface area contributed by atoms with Gasteiger partial charge in [0.15, 0.2) is 0 Å². The van der Waals surface area contributed by atoms with Crippen LogP contribution >= 0.6 is 15.9 Å². The van der Waals surface area contributed by atoms with Crippen molar-refractivity contribution >= 4 is 15.9 Å². The van der Waals surface area contributed by atoms with E-state index in [9.17, 15) is 0 Å². The van der Waals surface area contributed by atoms with Gasteiger partial charge in [0.05, 0.1) is 0 Å². The van der Waals surface area contributed by atoms with Crippen molar-refractivity contribution in [2.24, 2.45) is 7.05 Å². The number of nitrogens with zero attached hydrogens (tertiary/aromatic N) is 2. The third-order valence-corrected chi connectivity index (χ3v) is 3.67. The molecule has 1 saturated carbocycles. The van der Waals surface area contributed by atoms with E-state index in [0.29, 0.717) is 10.7 Å². The standard InChI is InChI=1S/C10H15BrN2/c1-13-6-5-12-10(13)8-3-2-4-9(11)7-8/h5-6,8-9H,2-4,7H2,1H3. The summed E-state index contributed by atoms with van der Waals surface area (Å²) in [7, 11) is 2.08. The smallest absolute Gasteiger partial charge is 0.111 e. The molecule has 2 rings (SSSR count). The zero-order valence-electron chi connectivity index (χ0n) is 7.91. The van der Waals surface area contributed by atoms with E-state index in [2.05, 4.69) is 32.5 Å². The fraction of sp³-hybridized carbons (Fsp3) is 0.700. The predicted octanol–water partition coefficient (Wildman–Crippen LogP) is 2.84. The number of imidazole rings is 1. The predicted molar refractivity (Wildman–Crippen MR) is 57.1 cm³/mol. The molecule has 1 heterocycles. The van der Waals surface area contributed by atoms with E-state index in [4.69, 9.17) is 0 Å². The van der Waals surface area contributed by atoms with E-state index >= 15 is 0 Å². The Hall–Kier alpha value is -0.310. The Balaban J connectivity index is 2.12. The first-order valence-electron chi connectivity index (χ1n) is 4.88. The molecule has 0 radical (unpaired) electrons. The largest absolute Gasteiger partial charge is 0.338 e. The first-order chi connectivity index (χ1) is 6.27. The average Bonchev–Trinajstić information content (AvgIpc) is 2.51. The van der Waals surface area contributed by atoms with Crippen LogP contribution in [0.3, 0.4) is 0 Å². The summed E-state index contributed by atoms with van der Waals surface area (Å²) in [5, 5.41) is 0. The Bertz CT molecular complexity index is 282. The summed E-state index contributed by atoms with van der Waals surface area (Å²) in [6, 6.07) is 0. The van der Waals surface area contributed by atoms with Gasteiger partial charge < -0.3 is 4.57 Å². The first kappa shape index (κ1) is 9.25. The molecule has 2 unspecified atom stereocenters. The van der Waals surface area contributed by atoms with E-state index in [1.54, 1.807) is 0 Å². The lowest BCUT2D eigenvalue weighted by molar-refractivity contribution is 0.434. The third kappa shape index (κ3) is 1.96. The van der Waals surface area contributed by atoms with Gasteiger partial charge in [-0.3, -0.25) is 0 Å². The van der Waals surface area contributed by atoms with E-state index in [-0.39, 0.29) is 0 Å². The van der Waals surface area contributed by atoms with Gasteiger partial charge in [0.25, 0.3) is 0 Å². The van der Waals surface area contributed by atoms with Crippen LogP contribution in [0.15, 0.2) is 12.4 Å². The van der Waals surface area contributed by atoms with Crippen LogP contribution in [0.1, 0.15) is 37.4 Å². The zero-order chi connectivity index (χ0) is 9.26. The molecule has 1 fully saturated rings. The lowest BCUT2D eigenvalue weighted by atomic mass is 9.88. The fourth-order valence-corrected chi connectivity index (χ4v) is 2.91. The van der Waals surface area contributed by atoms with Crippen LogP contribution in [-0.2, 0) is 7.05 Å². The minimum absolute atomic E-state index is 0.665. The van der Waals surface area contributed by atoms with Crippen molar-refractivity contribution < 1.29 is 0 Å². The van der Waals surface area contributed by atoms with Gasteiger partial charge in [-0.2, -0.15) is 0 Å². The maximum Gasteiger partial charge on any atom is 0.111 e. The SMILES string of the molecule is Cn1ccnc1C1CCCC(Br)C1. The van der Waals surface area contributed by atoms with Crippen molar-refractivity contribution in [2.75, 3.05) is 0 Å². The molecule has 0 bridgehead atoms. The molecular formula is C10H15BrN2. The molecule has 0 spiro atoms. The average molecular weight is 243 g/mol. The molecule has 1 aliphatic rings. The minimum atomic E-state index is 0.665. The number of hydrogen-bond donors (Lipinski definition) is 0. The Morgan fingerprint density at radius 3 is 3.00 bits per heavy atom. The van der Waals surface area contributed by atoms with Gasteiger partial charge in [0, 0.05) is 30.2 Å². The van der Waals surface area contributed by atoms with Gasteiger partial charge >= 0.3 is 0 Å². The maximum atomic E-state index is 4.42. The Morgan fingerprint density at radius 1 is 1.54 bits per heavy atom. The lowest BCUT2D eigenvalue weighted by Gasteiger charge is -2.25. The van der Waals surface area contributed by atoms with Gasteiger partial charge in [-0.1, -0.05) is 22.4 Å². The molecule has 2 nitrogen and oxygen atoms in total. The second-order valence-corrected chi connectivity index (χ2v) is 5.15. The quantitative estimate of drug-likeness (QED) is 0.693. The Labute approximate surface area is 87.5 Å². The summed E-state index contributed by atoms with van der Waals surface area (Å²) in [6.07, 6.45) is 9.12. The lowest BCUT2D eigenvalue weighted by Crippen LogP contribution is -2.16. The van der Waals surface area contributed by atoms with Gasteiger partial charge in [0.2, 0.25) is 0 Å². The number of rotatable bonds is 1. The van der Waals surface area contributed by atoms with Crippen molar-refractivity contribution in [3.8, 4) is 0 Å². The molecule has 1 aromatic rings. The van der Waals surface area contributed by atoms with Crippen LogP contribution in [0.2, 0.25) is 0 Å². The van der Waals surface area contributed by atoms with Gasteiger partial charge in [-0.15, -0.1) is 0 Å². The monoisotopic (exact) mass is 242 g/mol. The summed E-state index contributed by atoms with van der Waals surface area (Å²) < 4.78 is 2.15. The highest BCUT2D eigenvalue weighted by Crippen LogP contribution is 2.34. The molecule has 0 aliphatic heterocycles. The molecule has 0 amide bonds. The molecule has 2 atom stereocenters. The maximum absolute atomic E-state index is 4.42. The van der Waals surface area contributed by atoms with E-state index in [0.717, 1.165) is 0 Å².